The van der Waals surface area contributed by atoms with Gasteiger partial charge in [0.2, 0.25) is 5.54 Å². The van der Waals surface area contributed by atoms with Gasteiger partial charge in [-0.2, -0.15) is 13.2 Å². The normalized spacial score (nSPS) is 23.8. The van der Waals surface area contributed by atoms with Gasteiger partial charge in [-0.05, 0) is 18.1 Å². The molecule has 154 valence electrons. The van der Waals surface area contributed by atoms with Crippen molar-refractivity contribution >= 4 is 11.9 Å². The summed E-state index contributed by atoms with van der Waals surface area (Å²) < 4.78 is 57.9. The van der Waals surface area contributed by atoms with Crippen molar-refractivity contribution in [2.45, 2.75) is 50.2 Å². The highest BCUT2D eigenvalue weighted by atomic mass is 19.4. The number of amides is 1. The average molecular weight is 402 g/mol. The summed E-state index contributed by atoms with van der Waals surface area (Å²) in [5.74, 6) is -1.19. The van der Waals surface area contributed by atoms with Crippen LogP contribution in [0.3, 0.4) is 0 Å². The lowest BCUT2D eigenvalue weighted by atomic mass is 9.79. The highest BCUT2D eigenvalue weighted by Gasteiger charge is 2.52. The summed E-state index contributed by atoms with van der Waals surface area (Å²) in [7, 11) is 1.53. The minimum Gasteiger partial charge on any atom is -0.489 e. The molecule has 1 aromatic carbocycles. The minimum atomic E-state index is -4.69. The summed E-state index contributed by atoms with van der Waals surface area (Å²) >= 11 is 0. The highest BCUT2D eigenvalue weighted by Crippen LogP contribution is 2.34. The van der Waals surface area contributed by atoms with E-state index in [2.05, 4.69) is 4.99 Å². The number of hydrogen-bond donors (Lipinski definition) is 2. The monoisotopic (exact) mass is 402 g/mol. The molecule has 3 N–H and O–H groups in total. The predicted molar refractivity (Wildman–Crippen MR) is 93.7 cm³/mol. The Labute approximate surface area is 160 Å². The van der Waals surface area contributed by atoms with Crippen molar-refractivity contribution in [1.82, 2.24) is 4.90 Å². The third-order valence-corrected chi connectivity index (χ3v) is 5.49. The molecule has 0 bridgehead atoms. The van der Waals surface area contributed by atoms with Crippen LogP contribution in [0.5, 0.6) is 5.75 Å². The second-order valence-electron chi connectivity index (χ2n) is 7.63. The summed E-state index contributed by atoms with van der Waals surface area (Å²) in [6.45, 7) is -0.242. The molecule has 0 spiro atoms. The Morgan fingerprint density at radius 1 is 1.25 bits per heavy atom. The zero-order chi connectivity index (χ0) is 20.5. The number of nitrogens with one attached hydrogen (secondary N) is 1. The lowest BCUT2D eigenvalue weighted by Crippen LogP contribution is -2.89. The van der Waals surface area contributed by atoms with Crippen molar-refractivity contribution in [3.05, 3.63) is 29.6 Å². The van der Waals surface area contributed by atoms with Crippen molar-refractivity contribution in [2.24, 2.45) is 11.7 Å². The lowest BCUT2D eigenvalue weighted by molar-refractivity contribution is -0.535. The van der Waals surface area contributed by atoms with E-state index in [-0.39, 0.29) is 30.1 Å². The van der Waals surface area contributed by atoms with Crippen LogP contribution in [0.2, 0.25) is 0 Å². The van der Waals surface area contributed by atoms with E-state index in [1.807, 2.05) is 0 Å². The molecular formula is C19H24F4N3O2+. The molecule has 28 heavy (non-hydrogen) atoms. The van der Waals surface area contributed by atoms with Crippen LogP contribution in [0.1, 0.15) is 44.1 Å². The zero-order valence-corrected chi connectivity index (χ0v) is 15.6. The van der Waals surface area contributed by atoms with Gasteiger partial charge in [-0.15, -0.1) is 0 Å². The van der Waals surface area contributed by atoms with Crippen molar-refractivity contribution in [1.29, 1.82) is 0 Å². The van der Waals surface area contributed by atoms with E-state index in [1.165, 1.54) is 11.9 Å². The first kappa shape index (κ1) is 20.4. The molecule has 1 amide bonds. The maximum atomic E-state index is 13.6. The van der Waals surface area contributed by atoms with Gasteiger partial charge in [-0.3, -0.25) is 15.5 Å². The van der Waals surface area contributed by atoms with E-state index in [1.54, 1.807) is 0 Å². The summed E-state index contributed by atoms with van der Waals surface area (Å²) in [5.41, 5.74) is 3.55. The first-order chi connectivity index (χ1) is 13.1. The van der Waals surface area contributed by atoms with Crippen molar-refractivity contribution in [3.8, 4) is 5.75 Å². The molecule has 9 heteroatoms. The summed E-state index contributed by atoms with van der Waals surface area (Å²) in [6.07, 6.45) is 1.00. The van der Waals surface area contributed by atoms with E-state index in [0.717, 1.165) is 44.2 Å². The molecule has 2 aliphatic rings. The standard InChI is InChI=1S/C19H23F4N3O2/c1-26-16(27)18(25-17(26)24,10-12-5-3-2-4-6-12)11-28-15-8-13(19(21,22)23)7-14(20)9-15/h7-9,12H,2-6,10-11H2,1H3,(H2,24,25)/p+1. The molecule has 5 nitrogen and oxygen atoms in total. The number of likely N-dealkylation sites (N-methyl/N-ethyl adjacent to an activating group) is 1. The van der Waals surface area contributed by atoms with Gasteiger partial charge in [-0.25, -0.2) is 9.29 Å². The fraction of sp³-hybridized carbons (Fsp3) is 0.579. The highest BCUT2D eigenvalue weighted by molar-refractivity contribution is 6.01. The van der Waals surface area contributed by atoms with Crippen LogP contribution in [-0.4, -0.2) is 36.0 Å². The summed E-state index contributed by atoms with van der Waals surface area (Å²) in [5, 5.41) is 0. The van der Waals surface area contributed by atoms with E-state index in [4.69, 9.17) is 10.5 Å². The Morgan fingerprint density at radius 3 is 2.50 bits per heavy atom. The van der Waals surface area contributed by atoms with Crippen LogP contribution in [0, 0.1) is 11.7 Å². The molecule has 1 aliphatic heterocycles. The van der Waals surface area contributed by atoms with Gasteiger partial charge in [0, 0.05) is 12.5 Å². The van der Waals surface area contributed by atoms with Gasteiger partial charge in [0.1, 0.15) is 18.2 Å². The number of ether oxygens (including phenoxy) is 1. The quantitative estimate of drug-likeness (QED) is 0.738. The van der Waals surface area contributed by atoms with Gasteiger partial charge < -0.3 is 4.74 Å². The molecular weight excluding hydrogens is 378 g/mol. The van der Waals surface area contributed by atoms with Gasteiger partial charge in [0.05, 0.1) is 12.6 Å². The predicted octanol–water partition coefficient (Wildman–Crippen LogP) is 1.80. The molecule has 1 aromatic rings. The number of nitrogens with two attached hydrogens (primary N) is 1. The largest absolute Gasteiger partial charge is 0.489 e. The summed E-state index contributed by atoms with van der Waals surface area (Å²) in [4.78, 5) is 17.1. The number of hydrogen-bond acceptors (Lipinski definition) is 3. The maximum Gasteiger partial charge on any atom is 0.416 e. The number of carbonyl (C=O) groups is 1. The fourth-order valence-corrected chi connectivity index (χ4v) is 4.01. The Morgan fingerprint density at radius 2 is 1.93 bits per heavy atom. The van der Waals surface area contributed by atoms with Crippen LogP contribution in [0.15, 0.2) is 18.2 Å². The van der Waals surface area contributed by atoms with Gasteiger partial charge in [-0.1, -0.05) is 32.1 Å². The number of nitrogens with zero attached hydrogens (tertiary/aromatic N) is 1. The van der Waals surface area contributed by atoms with Crippen LogP contribution < -0.4 is 15.5 Å². The van der Waals surface area contributed by atoms with Gasteiger partial charge >= 0.3 is 18.0 Å². The lowest BCUT2D eigenvalue weighted by Gasteiger charge is -2.29. The fourth-order valence-electron chi connectivity index (χ4n) is 4.01. The Bertz CT molecular complexity index is 775. The Balaban J connectivity index is 1.83. The van der Waals surface area contributed by atoms with Gasteiger partial charge in [0.25, 0.3) is 0 Å². The molecule has 0 aromatic heterocycles. The minimum absolute atomic E-state index is 0.166. The molecule has 1 aliphatic carbocycles. The number of guanidine groups is 1. The van der Waals surface area contributed by atoms with E-state index in [0.29, 0.717) is 12.5 Å². The number of rotatable bonds is 5. The molecule has 1 atom stereocenters. The molecule has 0 radical (unpaired) electrons. The molecule has 1 heterocycles. The van der Waals surface area contributed by atoms with Gasteiger partial charge in [0.15, 0.2) is 0 Å². The number of carbonyl (C=O) groups excluding carboxylic acids is 1. The van der Waals surface area contributed by atoms with Crippen LogP contribution in [0.4, 0.5) is 17.6 Å². The van der Waals surface area contributed by atoms with Crippen LogP contribution >= 0.6 is 0 Å². The number of halogens is 4. The average Bonchev–Trinajstić information content (AvgIpc) is 2.84. The van der Waals surface area contributed by atoms with E-state index in [9.17, 15) is 22.4 Å². The van der Waals surface area contributed by atoms with Crippen LogP contribution in [-0.2, 0) is 11.0 Å². The van der Waals surface area contributed by atoms with E-state index < -0.39 is 23.1 Å². The van der Waals surface area contributed by atoms with E-state index >= 15 is 0 Å². The van der Waals surface area contributed by atoms with Crippen LogP contribution in [0.25, 0.3) is 0 Å². The smallest absolute Gasteiger partial charge is 0.416 e. The Hall–Kier alpha value is -2.32. The second-order valence-corrected chi connectivity index (χ2v) is 7.63. The van der Waals surface area contributed by atoms with Crippen molar-refractivity contribution < 1.29 is 32.1 Å². The topological polar surface area (TPSA) is 69.5 Å². The van der Waals surface area contributed by atoms with Crippen molar-refractivity contribution in [2.75, 3.05) is 13.7 Å². The summed E-state index contributed by atoms with van der Waals surface area (Å²) in [6, 6.07) is 2.01. The SMILES string of the molecule is CN1C(=O)C(COc2cc(F)cc(C(F)(F)F)c2)(CC2CCCCC2)[NH+]=C1N. The maximum absolute atomic E-state index is 13.6. The first-order valence-corrected chi connectivity index (χ1v) is 9.30. The molecule has 1 unspecified atom stereocenters. The number of alkyl halides is 3. The molecule has 0 saturated heterocycles. The zero-order valence-electron chi connectivity index (χ0n) is 15.6. The second kappa shape index (κ2) is 7.60. The van der Waals surface area contributed by atoms with Crippen molar-refractivity contribution in [3.63, 3.8) is 0 Å². The molecule has 3 rings (SSSR count). The molecule has 1 fully saturated rings. The Kier molecular flexibility index (Phi) is 5.54. The third-order valence-electron chi connectivity index (χ3n) is 5.49. The molecule has 1 saturated carbocycles. The number of benzene rings is 1. The third kappa shape index (κ3) is 4.23. The first-order valence-electron chi connectivity index (χ1n) is 9.30.